The number of nitrogens with zero attached hydrogens (tertiary/aromatic N) is 1. The average Bonchev–Trinajstić information content (AvgIpc) is 2.76. The first-order chi connectivity index (χ1) is 7.41. The second kappa shape index (κ2) is 3.62. The molecule has 6 nitrogen and oxygen atoms in total. The minimum absolute atomic E-state index is 0.0961. The molecule has 2 aliphatic rings. The molecule has 90 valence electrons. The van der Waals surface area contributed by atoms with Gasteiger partial charge in [-0.3, -0.25) is 0 Å². The zero-order valence-electron chi connectivity index (χ0n) is 9.14. The molecule has 2 amide bonds. The van der Waals surface area contributed by atoms with E-state index in [2.05, 4.69) is 5.32 Å². The van der Waals surface area contributed by atoms with Crippen LogP contribution in [0.15, 0.2) is 0 Å². The maximum absolute atomic E-state index is 11.8. The SMILES string of the molecule is CC1(NC(=O)N2C[C@H](O)C[C@@H]2C(=O)O)CC1. The number of aliphatic hydroxyl groups excluding tert-OH is 1. The Morgan fingerprint density at radius 2 is 2.06 bits per heavy atom. The number of carbonyl (C=O) groups is 2. The summed E-state index contributed by atoms with van der Waals surface area (Å²) in [7, 11) is 0. The average molecular weight is 228 g/mol. The highest BCUT2D eigenvalue weighted by molar-refractivity contribution is 5.84. The van der Waals surface area contributed by atoms with Gasteiger partial charge in [0, 0.05) is 18.5 Å². The fourth-order valence-electron chi connectivity index (χ4n) is 1.91. The van der Waals surface area contributed by atoms with Crippen LogP contribution in [0.5, 0.6) is 0 Å². The first kappa shape index (κ1) is 11.2. The molecule has 3 N–H and O–H groups in total. The summed E-state index contributed by atoms with van der Waals surface area (Å²) in [4.78, 5) is 23.9. The lowest BCUT2D eigenvalue weighted by Crippen LogP contribution is -2.49. The van der Waals surface area contributed by atoms with Gasteiger partial charge in [-0.05, 0) is 19.8 Å². The van der Waals surface area contributed by atoms with Crippen LogP contribution in [-0.4, -0.2) is 51.3 Å². The lowest BCUT2D eigenvalue weighted by atomic mass is 10.2. The predicted molar refractivity (Wildman–Crippen MR) is 54.9 cm³/mol. The molecule has 0 bridgehead atoms. The van der Waals surface area contributed by atoms with Crippen molar-refractivity contribution in [3.8, 4) is 0 Å². The zero-order chi connectivity index (χ0) is 11.9. The van der Waals surface area contributed by atoms with Gasteiger partial charge in [0.25, 0.3) is 0 Å². The Kier molecular flexibility index (Phi) is 2.53. The summed E-state index contributed by atoms with van der Waals surface area (Å²) in [6.45, 7) is 2.02. The van der Waals surface area contributed by atoms with Crippen molar-refractivity contribution in [3.05, 3.63) is 0 Å². The lowest BCUT2D eigenvalue weighted by molar-refractivity contribution is -0.141. The van der Waals surface area contributed by atoms with E-state index >= 15 is 0 Å². The van der Waals surface area contributed by atoms with Crippen molar-refractivity contribution in [2.24, 2.45) is 0 Å². The summed E-state index contributed by atoms with van der Waals surface area (Å²) >= 11 is 0. The number of carboxylic acids is 1. The minimum atomic E-state index is -1.06. The highest BCUT2D eigenvalue weighted by Gasteiger charge is 2.44. The lowest BCUT2D eigenvalue weighted by Gasteiger charge is -2.23. The van der Waals surface area contributed by atoms with Crippen molar-refractivity contribution in [1.29, 1.82) is 0 Å². The molecule has 0 aromatic rings. The topological polar surface area (TPSA) is 89.9 Å². The highest BCUT2D eigenvalue weighted by atomic mass is 16.4. The van der Waals surface area contributed by atoms with E-state index in [9.17, 15) is 14.7 Å². The maximum atomic E-state index is 11.8. The normalized spacial score (nSPS) is 31.2. The van der Waals surface area contributed by atoms with Gasteiger partial charge < -0.3 is 20.4 Å². The van der Waals surface area contributed by atoms with Gasteiger partial charge in [0.1, 0.15) is 6.04 Å². The van der Waals surface area contributed by atoms with Crippen molar-refractivity contribution in [2.45, 2.75) is 43.9 Å². The monoisotopic (exact) mass is 228 g/mol. The van der Waals surface area contributed by atoms with Crippen molar-refractivity contribution in [1.82, 2.24) is 10.2 Å². The van der Waals surface area contributed by atoms with Crippen LogP contribution in [0.4, 0.5) is 4.79 Å². The largest absolute Gasteiger partial charge is 0.480 e. The summed E-state index contributed by atoms with van der Waals surface area (Å²) in [5.41, 5.74) is -0.173. The number of hydrogen-bond acceptors (Lipinski definition) is 3. The van der Waals surface area contributed by atoms with Gasteiger partial charge >= 0.3 is 12.0 Å². The van der Waals surface area contributed by atoms with Crippen LogP contribution < -0.4 is 5.32 Å². The van der Waals surface area contributed by atoms with Crippen LogP contribution in [0.1, 0.15) is 26.2 Å². The number of β-amino-alcohol motifs (C(OH)–C–C–N with tert-alkyl or cyclic N) is 1. The number of likely N-dealkylation sites (tertiary alicyclic amines) is 1. The van der Waals surface area contributed by atoms with Crippen LogP contribution in [0, 0.1) is 0 Å². The Bertz CT molecular complexity index is 327. The molecule has 2 atom stereocenters. The number of urea groups is 1. The van der Waals surface area contributed by atoms with Gasteiger partial charge in [-0.15, -0.1) is 0 Å². The Morgan fingerprint density at radius 1 is 1.44 bits per heavy atom. The van der Waals surface area contributed by atoms with Crippen molar-refractivity contribution in [2.75, 3.05) is 6.54 Å². The first-order valence-electron chi connectivity index (χ1n) is 5.41. The van der Waals surface area contributed by atoms with Gasteiger partial charge in [-0.2, -0.15) is 0 Å². The first-order valence-corrected chi connectivity index (χ1v) is 5.41. The van der Waals surface area contributed by atoms with E-state index in [4.69, 9.17) is 5.11 Å². The van der Waals surface area contributed by atoms with Crippen LogP contribution >= 0.6 is 0 Å². The van der Waals surface area contributed by atoms with Gasteiger partial charge in [-0.1, -0.05) is 0 Å². The van der Waals surface area contributed by atoms with E-state index in [1.807, 2.05) is 6.92 Å². The summed E-state index contributed by atoms with van der Waals surface area (Å²) in [6.07, 6.45) is 1.22. The summed E-state index contributed by atoms with van der Waals surface area (Å²) < 4.78 is 0. The maximum Gasteiger partial charge on any atom is 0.326 e. The standard InChI is InChI=1S/C10H16N2O4/c1-10(2-3-10)11-9(16)12-5-6(13)4-7(12)8(14)15/h6-7,13H,2-5H2,1H3,(H,11,16)(H,14,15)/t6-,7-/m1/s1. The second-order valence-corrected chi connectivity index (χ2v) is 4.89. The number of nitrogens with one attached hydrogen (secondary N) is 1. The molecule has 1 saturated carbocycles. The third-order valence-corrected chi connectivity index (χ3v) is 3.23. The number of rotatable bonds is 2. The molecular weight excluding hydrogens is 212 g/mol. The molecule has 0 aromatic carbocycles. The number of carbonyl (C=O) groups excluding carboxylic acids is 1. The molecule has 1 heterocycles. The predicted octanol–water partition coefficient (Wildman–Crippen LogP) is -0.232. The van der Waals surface area contributed by atoms with E-state index in [0.29, 0.717) is 0 Å². The van der Waals surface area contributed by atoms with E-state index in [1.165, 1.54) is 4.90 Å². The third kappa shape index (κ3) is 2.11. The Hall–Kier alpha value is -1.30. The smallest absolute Gasteiger partial charge is 0.326 e. The number of aliphatic carboxylic acids is 1. The quantitative estimate of drug-likeness (QED) is 0.609. The summed E-state index contributed by atoms with van der Waals surface area (Å²) in [6, 6.07) is -1.29. The van der Waals surface area contributed by atoms with Crippen LogP contribution in [0.25, 0.3) is 0 Å². The number of amides is 2. The molecule has 0 unspecified atom stereocenters. The molecule has 0 spiro atoms. The molecule has 2 rings (SSSR count). The van der Waals surface area contributed by atoms with E-state index in [-0.39, 0.29) is 24.5 Å². The fraction of sp³-hybridized carbons (Fsp3) is 0.800. The number of aliphatic hydroxyl groups is 1. The number of carboxylic acid groups (broad SMARTS) is 1. The summed E-state index contributed by atoms with van der Waals surface area (Å²) in [5, 5.41) is 21.1. The zero-order valence-corrected chi connectivity index (χ0v) is 9.14. The van der Waals surface area contributed by atoms with Crippen LogP contribution in [-0.2, 0) is 4.79 Å². The van der Waals surface area contributed by atoms with Crippen molar-refractivity contribution in [3.63, 3.8) is 0 Å². The van der Waals surface area contributed by atoms with E-state index < -0.39 is 18.1 Å². The van der Waals surface area contributed by atoms with Crippen LogP contribution in [0.2, 0.25) is 0 Å². The van der Waals surface area contributed by atoms with Crippen molar-refractivity contribution >= 4 is 12.0 Å². The van der Waals surface area contributed by atoms with Gasteiger partial charge in [-0.25, -0.2) is 9.59 Å². The molecule has 1 aliphatic heterocycles. The molecule has 1 saturated heterocycles. The minimum Gasteiger partial charge on any atom is -0.480 e. The van der Waals surface area contributed by atoms with Gasteiger partial charge in [0.05, 0.1) is 6.10 Å². The summed E-state index contributed by atoms with van der Waals surface area (Å²) in [5.74, 6) is -1.06. The van der Waals surface area contributed by atoms with Crippen LogP contribution in [0.3, 0.4) is 0 Å². The third-order valence-electron chi connectivity index (χ3n) is 3.23. The Balaban J connectivity index is 2.01. The second-order valence-electron chi connectivity index (χ2n) is 4.89. The molecule has 0 radical (unpaired) electrons. The Morgan fingerprint density at radius 3 is 2.56 bits per heavy atom. The fourth-order valence-corrected chi connectivity index (χ4v) is 1.91. The van der Waals surface area contributed by atoms with Crippen molar-refractivity contribution < 1.29 is 19.8 Å². The molecule has 16 heavy (non-hydrogen) atoms. The van der Waals surface area contributed by atoms with Gasteiger partial charge in [0.2, 0.25) is 0 Å². The molecule has 2 fully saturated rings. The number of hydrogen-bond donors (Lipinski definition) is 3. The molecule has 0 aromatic heterocycles. The molecular formula is C10H16N2O4. The van der Waals surface area contributed by atoms with E-state index in [1.54, 1.807) is 0 Å². The highest BCUT2D eigenvalue weighted by Crippen LogP contribution is 2.34. The van der Waals surface area contributed by atoms with E-state index in [0.717, 1.165) is 12.8 Å². The van der Waals surface area contributed by atoms with Gasteiger partial charge in [0.15, 0.2) is 0 Å². The molecule has 6 heteroatoms. The molecule has 1 aliphatic carbocycles. The Labute approximate surface area is 93.2 Å².